The van der Waals surface area contributed by atoms with Gasteiger partial charge in [-0.3, -0.25) is 4.99 Å². The Morgan fingerprint density at radius 2 is 2.04 bits per heavy atom. The van der Waals surface area contributed by atoms with E-state index in [0.717, 1.165) is 41.1 Å². The van der Waals surface area contributed by atoms with Crippen LogP contribution in [0.3, 0.4) is 0 Å². The maximum Gasteiger partial charge on any atom is 0.118 e. The minimum atomic E-state index is 0.309. The smallest absolute Gasteiger partial charge is 0.118 e. The number of phenols is 1. The van der Waals surface area contributed by atoms with Gasteiger partial charge in [-0.15, -0.1) is 6.58 Å². The van der Waals surface area contributed by atoms with E-state index in [2.05, 4.69) is 24.9 Å². The fourth-order valence-corrected chi connectivity index (χ4v) is 2.23. The SMILES string of the molecule is C=CCCNC\C(N=C(C)c1ccc(O)c(C)c1)=C(C)/C=C\C=C/C. The van der Waals surface area contributed by atoms with Gasteiger partial charge in [0.15, 0.2) is 0 Å². The molecule has 0 atom stereocenters. The predicted molar refractivity (Wildman–Crippen MR) is 109 cm³/mol. The Morgan fingerprint density at radius 3 is 2.68 bits per heavy atom. The molecule has 0 bridgehead atoms. The van der Waals surface area contributed by atoms with Crippen molar-refractivity contribution >= 4 is 5.71 Å². The van der Waals surface area contributed by atoms with Gasteiger partial charge in [-0.2, -0.15) is 0 Å². The van der Waals surface area contributed by atoms with Gasteiger partial charge in [-0.1, -0.05) is 30.4 Å². The lowest BCUT2D eigenvalue weighted by Crippen LogP contribution is -2.18. The molecule has 1 aromatic rings. The lowest BCUT2D eigenvalue weighted by molar-refractivity contribution is 0.471. The molecule has 1 aromatic carbocycles. The van der Waals surface area contributed by atoms with Crippen molar-refractivity contribution in [3.05, 3.63) is 77.6 Å². The van der Waals surface area contributed by atoms with Crippen LogP contribution in [0.2, 0.25) is 0 Å². The topological polar surface area (TPSA) is 44.6 Å². The van der Waals surface area contributed by atoms with Crippen molar-refractivity contribution in [2.75, 3.05) is 13.1 Å². The molecular formula is C22H30N2O. The van der Waals surface area contributed by atoms with E-state index in [1.807, 2.05) is 57.2 Å². The molecule has 0 amide bonds. The molecule has 3 heteroatoms. The summed E-state index contributed by atoms with van der Waals surface area (Å²) in [6.07, 6.45) is 10.9. The lowest BCUT2D eigenvalue weighted by Gasteiger charge is -2.10. The van der Waals surface area contributed by atoms with E-state index < -0.39 is 0 Å². The fraction of sp³-hybridized carbons (Fsp3) is 0.318. The van der Waals surface area contributed by atoms with Gasteiger partial charge in [-0.25, -0.2) is 0 Å². The summed E-state index contributed by atoms with van der Waals surface area (Å²) in [5.74, 6) is 0.309. The van der Waals surface area contributed by atoms with Gasteiger partial charge >= 0.3 is 0 Å². The molecule has 0 spiro atoms. The second kappa shape index (κ2) is 11.2. The Balaban J connectivity index is 3.09. The number of hydrogen-bond acceptors (Lipinski definition) is 3. The monoisotopic (exact) mass is 338 g/mol. The van der Waals surface area contributed by atoms with Crippen LogP contribution in [0.1, 0.15) is 38.3 Å². The highest BCUT2D eigenvalue weighted by Crippen LogP contribution is 2.18. The molecule has 0 fully saturated rings. The van der Waals surface area contributed by atoms with Crippen LogP contribution in [0.4, 0.5) is 0 Å². The quantitative estimate of drug-likeness (QED) is 0.285. The van der Waals surface area contributed by atoms with Crippen LogP contribution in [0.25, 0.3) is 0 Å². The predicted octanol–water partition coefficient (Wildman–Crippen LogP) is 5.08. The Hall–Kier alpha value is -2.39. The van der Waals surface area contributed by atoms with E-state index in [1.54, 1.807) is 6.07 Å². The number of benzene rings is 1. The first-order chi connectivity index (χ1) is 12.0. The summed E-state index contributed by atoms with van der Waals surface area (Å²) < 4.78 is 0. The first-order valence-corrected chi connectivity index (χ1v) is 8.65. The Morgan fingerprint density at radius 1 is 1.28 bits per heavy atom. The van der Waals surface area contributed by atoms with E-state index in [0.29, 0.717) is 12.3 Å². The van der Waals surface area contributed by atoms with E-state index in [1.165, 1.54) is 0 Å². The maximum absolute atomic E-state index is 9.70. The van der Waals surface area contributed by atoms with Gasteiger partial charge in [0.1, 0.15) is 5.75 Å². The summed E-state index contributed by atoms with van der Waals surface area (Å²) in [5, 5.41) is 13.1. The highest BCUT2D eigenvalue weighted by molar-refractivity contribution is 5.99. The molecule has 1 rings (SSSR count). The zero-order valence-electron chi connectivity index (χ0n) is 15.8. The molecule has 3 nitrogen and oxygen atoms in total. The van der Waals surface area contributed by atoms with E-state index in [4.69, 9.17) is 4.99 Å². The third-order valence-corrected chi connectivity index (χ3v) is 3.84. The second-order valence-electron chi connectivity index (χ2n) is 5.97. The number of nitrogens with one attached hydrogen (secondary N) is 1. The van der Waals surface area contributed by atoms with Gasteiger partial charge in [-0.05, 0) is 75.6 Å². The first-order valence-electron chi connectivity index (χ1n) is 8.65. The van der Waals surface area contributed by atoms with Crippen molar-refractivity contribution in [2.45, 2.75) is 34.1 Å². The molecular weight excluding hydrogens is 308 g/mol. The van der Waals surface area contributed by atoms with Gasteiger partial charge in [0.2, 0.25) is 0 Å². The highest BCUT2D eigenvalue weighted by Gasteiger charge is 2.05. The van der Waals surface area contributed by atoms with Crippen LogP contribution in [0.15, 0.2) is 71.4 Å². The molecule has 0 aliphatic carbocycles. The molecule has 0 radical (unpaired) electrons. The summed E-state index contributed by atoms with van der Waals surface area (Å²) in [6.45, 7) is 13.3. The lowest BCUT2D eigenvalue weighted by atomic mass is 10.1. The minimum absolute atomic E-state index is 0.309. The van der Waals surface area contributed by atoms with Crippen LogP contribution in [-0.2, 0) is 0 Å². The van der Waals surface area contributed by atoms with Crippen molar-refractivity contribution in [3.8, 4) is 5.75 Å². The van der Waals surface area contributed by atoms with Crippen LogP contribution in [-0.4, -0.2) is 23.9 Å². The van der Waals surface area contributed by atoms with Crippen LogP contribution >= 0.6 is 0 Å². The Labute approximate surface area is 152 Å². The maximum atomic E-state index is 9.70. The molecule has 0 saturated carbocycles. The van der Waals surface area contributed by atoms with Crippen molar-refractivity contribution in [1.82, 2.24) is 5.32 Å². The number of aromatic hydroxyl groups is 1. The van der Waals surface area contributed by atoms with Crippen LogP contribution in [0, 0.1) is 6.92 Å². The standard InChI is InChI=1S/C22H30N2O/c1-6-8-10-11-17(3)21(16-23-14-9-7-2)24-19(5)20-12-13-22(25)18(4)15-20/h6-8,10-13,15,23,25H,2,9,14,16H2,1,3-5H3/b8-6-,11-10-,21-17+,24-19?. The summed E-state index contributed by atoms with van der Waals surface area (Å²) in [4.78, 5) is 4.84. The number of allylic oxidation sites excluding steroid dienone is 5. The minimum Gasteiger partial charge on any atom is -0.508 e. The number of phenolic OH excluding ortho intramolecular Hbond substituents is 1. The molecule has 0 unspecified atom stereocenters. The molecule has 0 heterocycles. The number of rotatable bonds is 9. The third kappa shape index (κ3) is 7.36. The number of hydrogen-bond donors (Lipinski definition) is 2. The van der Waals surface area contributed by atoms with Gasteiger partial charge < -0.3 is 10.4 Å². The highest BCUT2D eigenvalue weighted by atomic mass is 16.3. The summed E-state index contributed by atoms with van der Waals surface area (Å²) in [6, 6.07) is 5.57. The molecule has 0 aliphatic heterocycles. The first kappa shape index (κ1) is 20.7. The number of nitrogens with zero attached hydrogens (tertiary/aromatic N) is 1. The molecule has 25 heavy (non-hydrogen) atoms. The summed E-state index contributed by atoms with van der Waals surface area (Å²) >= 11 is 0. The molecule has 0 aliphatic rings. The van der Waals surface area contributed by atoms with Crippen molar-refractivity contribution in [3.63, 3.8) is 0 Å². The Bertz CT molecular complexity index is 694. The second-order valence-corrected chi connectivity index (χ2v) is 5.97. The van der Waals surface area contributed by atoms with E-state index in [9.17, 15) is 5.11 Å². The average Bonchev–Trinajstić information content (AvgIpc) is 2.59. The molecule has 0 saturated heterocycles. The zero-order chi connectivity index (χ0) is 18.7. The van der Waals surface area contributed by atoms with E-state index in [-0.39, 0.29) is 0 Å². The van der Waals surface area contributed by atoms with Crippen molar-refractivity contribution in [1.29, 1.82) is 0 Å². The number of aliphatic imine (C=N–C) groups is 1. The van der Waals surface area contributed by atoms with Crippen LogP contribution < -0.4 is 5.32 Å². The largest absolute Gasteiger partial charge is 0.508 e. The zero-order valence-corrected chi connectivity index (χ0v) is 15.8. The Kier molecular flexibility index (Phi) is 9.26. The number of aryl methyl sites for hydroxylation is 1. The van der Waals surface area contributed by atoms with Gasteiger partial charge in [0.05, 0.1) is 5.70 Å². The van der Waals surface area contributed by atoms with Crippen molar-refractivity contribution in [2.24, 2.45) is 4.99 Å². The molecule has 0 aromatic heterocycles. The fourth-order valence-electron chi connectivity index (χ4n) is 2.23. The van der Waals surface area contributed by atoms with Gasteiger partial charge in [0, 0.05) is 12.3 Å². The molecule has 2 N–H and O–H groups in total. The van der Waals surface area contributed by atoms with Crippen molar-refractivity contribution < 1.29 is 5.11 Å². The molecule has 134 valence electrons. The normalized spacial score (nSPS) is 13.5. The van der Waals surface area contributed by atoms with Gasteiger partial charge in [0.25, 0.3) is 0 Å². The van der Waals surface area contributed by atoms with Crippen LogP contribution in [0.5, 0.6) is 5.75 Å². The van der Waals surface area contributed by atoms with E-state index >= 15 is 0 Å². The summed E-state index contributed by atoms with van der Waals surface area (Å²) in [5.41, 5.74) is 4.94. The average molecular weight is 338 g/mol. The summed E-state index contributed by atoms with van der Waals surface area (Å²) in [7, 11) is 0. The third-order valence-electron chi connectivity index (χ3n) is 3.84.